The van der Waals surface area contributed by atoms with Crippen LogP contribution in [0.4, 0.5) is 0 Å². The molecule has 6 nitrogen and oxygen atoms in total. The summed E-state index contributed by atoms with van der Waals surface area (Å²) in [5, 5.41) is 3.65. The van der Waals surface area contributed by atoms with Gasteiger partial charge in [0.1, 0.15) is 11.3 Å². The number of nitrogens with one attached hydrogen (secondary N) is 1. The summed E-state index contributed by atoms with van der Waals surface area (Å²) in [6.45, 7) is 2.29. The molecule has 3 rings (SSSR count). The number of benzene rings is 1. The summed E-state index contributed by atoms with van der Waals surface area (Å²) in [7, 11) is 1.56. The van der Waals surface area contributed by atoms with Gasteiger partial charge in [-0.15, -0.1) is 0 Å². The molecule has 1 aromatic heterocycles. The molecule has 21 heavy (non-hydrogen) atoms. The summed E-state index contributed by atoms with van der Waals surface area (Å²) < 4.78 is 10.4. The first kappa shape index (κ1) is 13.6. The van der Waals surface area contributed by atoms with Gasteiger partial charge in [-0.25, -0.2) is 4.79 Å². The molecule has 0 bridgehead atoms. The number of nitrogens with zero attached hydrogens (tertiary/aromatic N) is 1. The highest BCUT2D eigenvalue weighted by Crippen LogP contribution is 2.23. The van der Waals surface area contributed by atoms with Crippen molar-refractivity contribution < 1.29 is 13.9 Å². The van der Waals surface area contributed by atoms with Crippen molar-refractivity contribution in [3.63, 3.8) is 0 Å². The van der Waals surface area contributed by atoms with E-state index in [2.05, 4.69) is 5.32 Å². The number of ether oxygens (including phenoxy) is 1. The number of carbonyl (C=O) groups excluding carboxylic acids is 1. The second-order valence-electron chi connectivity index (χ2n) is 5.01. The Labute approximate surface area is 121 Å². The van der Waals surface area contributed by atoms with Crippen molar-refractivity contribution in [2.24, 2.45) is 0 Å². The van der Waals surface area contributed by atoms with Crippen molar-refractivity contribution in [1.29, 1.82) is 0 Å². The fourth-order valence-corrected chi connectivity index (χ4v) is 2.54. The Morgan fingerprint density at radius 3 is 2.95 bits per heavy atom. The minimum atomic E-state index is -0.396. The smallest absolute Gasteiger partial charge is 0.336 e. The van der Waals surface area contributed by atoms with E-state index in [0.29, 0.717) is 31.0 Å². The molecule has 1 fully saturated rings. The summed E-state index contributed by atoms with van der Waals surface area (Å²) in [5.41, 5.74) is 0.962. The maximum absolute atomic E-state index is 11.7. The van der Waals surface area contributed by atoms with Gasteiger partial charge >= 0.3 is 5.63 Å². The number of hydrogen-bond acceptors (Lipinski definition) is 5. The molecule has 0 atom stereocenters. The van der Waals surface area contributed by atoms with Gasteiger partial charge in [0.25, 0.3) is 0 Å². The molecule has 0 aliphatic carbocycles. The lowest BCUT2D eigenvalue weighted by Crippen LogP contribution is -2.47. The Bertz CT molecular complexity index is 738. The minimum absolute atomic E-state index is 0.00944. The molecule has 1 N–H and O–H groups in total. The van der Waals surface area contributed by atoms with Gasteiger partial charge < -0.3 is 14.5 Å². The number of amides is 1. The summed E-state index contributed by atoms with van der Waals surface area (Å²) in [6.07, 6.45) is 0. The van der Waals surface area contributed by atoms with Crippen molar-refractivity contribution >= 4 is 16.9 Å². The molecule has 1 aromatic carbocycles. The molecule has 6 heteroatoms. The van der Waals surface area contributed by atoms with Crippen LogP contribution in [0.3, 0.4) is 0 Å². The van der Waals surface area contributed by atoms with Gasteiger partial charge in [0, 0.05) is 37.2 Å². The molecule has 110 valence electrons. The minimum Gasteiger partial charge on any atom is -0.497 e. The zero-order valence-corrected chi connectivity index (χ0v) is 11.7. The van der Waals surface area contributed by atoms with E-state index in [9.17, 15) is 9.59 Å². The molecule has 1 amide bonds. The van der Waals surface area contributed by atoms with Crippen LogP contribution in [0.1, 0.15) is 5.56 Å². The summed E-state index contributed by atoms with van der Waals surface area (Å²) in [4.78, 5) is 25.1. The van der Waals surface area contributed by atoms with Crippen LogP contribution in [-0.2, 0) is 11.3 Å². The zero-order valence-electron chi connectivity index (χ0n) is 11.7. The molecule has 1 aliphatic rings. The predicted octanol–water partition coefficient (Wildman–Crippen LogP) is 0.733. The molecule has 2 heterocycles. The topological polar surface area (TPSA) is 71.8 Å². The number of carbonyl (C=O) groups is 1. The van der Waals surface area contributed by atoms with Crippen LogP contribution in [0, 0.1) is 0 Å². The van der Waals surface area contributed by atoms with Crippen molar-refractivity contribution in [2.75, 3.05) is 26.7 Å². The Morgan fingerprint density at radius 1 is 1.33 bits per heavy atom. The maximum atomic E-state index is 11.7. The Balaban J connectivity index is 1.97. The first-order valence-electron chi connectivity index (χ1n) is 6.75. The zero-order chi connectivity index (χ0) is 14.8. The third-order valence-electron chi connectivity index (χ3n) is 3.55. The highest BCUT2D eigenvalue weighted by Gasteiger charge is 2.17. The van der Waals surface area contributed by atoms with Crippen LogP contribution in [0.15, 0.2) is 33.5 Å². The molecule has 0 unspecified atom stereocenters. The van der Waals surface area contributed by atoms with Gasteiger partial charge in [0.2, 0.25) is 5.91 Å². The number of methoxy groups -OCH3 is 1. The van der Waals surface area contributed by atoms with E-state index < -0.39 is 5.63 Å². The van der Waals surface area contributed by atoms with Crippen LogP contribution in [0.5, 0.6) is 5.75 Å². The fourth-order valence-electron chi connectivity index (χ4n) is 2.54. The lowest BCUT2D eigenvalue weighted by molar-refractivity contribution is -0.124. The third kappa shape index (κ3) is 2.90. The monoisotopic (exact) mass is 288 g/mol. The number of fused-ring (bicyclic) bond motifs is 1. The number of rotatable bonds is 3. The molecule has 1 saturated heterocycles. The third-order valence-corrected chi connectivity index (χ3v) is 3.55. The quantitative estimate of drug-likeness (QED) is 0.843. The molecule has 0 spiro atoms. The second kappa shape index (κ2) is 5.57. The Hall–Kier alpha value is -2.34. The SMILES string of the molecule is COc1ccc2c(CN3CCNC(=O)C3)cc(=O)oc2c1. The highest BCUT2D eigenvalue weighted by atomic mass is 16.5. The van der Waals surface area contributed by atoms with Crippen LogP contribution in [-0.4, -0.2) is 37.6 Å². The fraction of sp³-hybridized carbons (Fsp3) is 0.333. The van der Waals surface area contributed by atoms with Crippen LogP contribution in [0.25, 0.3) is 11.0 Å². The number of piperazine rings is 1. The predicted molar refractivity (Wildman–Crippen MR) is 77.3 cm³/mol. The standard InChI is InChI=1S/C15H16N2O4/c1-20-11-2-3-12-10(6-15(19)21-13(12)7-11)8-17-5-4-16-14(18)9-17/h2-3,6-7H,4-5,8-9H2,1H3,(H,16,18). The molecule has 1 aliphatic heterocycles. The molecular formula is C15H16N2O4. The van der Waals surface area contributed by atoms with Crippen molar-refractivity contribution in [2.45, 2.75) is 6.54 Å². The molecule has 2 aromatic rings. The summed E-state index contributed by atoms with van der Waals surface area (Å²) in [5.74, 6) is 0.648. The van der Waals surface area contributed by atoms with Crippen molar-refractivity contribution in [3.8, 4) is 5.75 Å². The largest absolute Gasteiger partial charge is 0.497 e. The van der Waals surface area contributed by atoms with E-state index in [-0.39, 0.29) is 5.91 Å². The molecule has 0 saturated carbocycles. The second-order valence-corrected chi connectivity index (χ2v) is 5.01. The van der Waals surface area contributed by atoms with Crippen molar-refractivity contribution in [1.82, 2.24) is 10.2 Å². The van der Waals surface area contributed by atoms with E-state index in [4.69, 9.17) is 9.15 Å². The lowest BCUT2D eigenvalue weighted by Gasteiger charge is -2.26. The summed E-state index contributed by atoms with van der Waals surface area (Å²) in [6, 6.07) is 6.88. The average molecular weight is 288 g/mol. The van der Waals surface area contributed by atoms with Gasteiger partial charge in [-0.2, -0.15) is 0 Å². The van der Waals surface area contributed by atoms with Gasteiger partial charge in [-0.05, 0) is 17.7 Å². The normalized spacial score (nSPS) is 16.0. The lowest BCUT2D eigenvalue weighted by atomic mass is 10.1. The van der Waals surface area contributed by atoms with Crippen molar-refractivity contribution in [3.05, 3.63) is 40.2 Å². The first-order valence-corrected chi connectivity index (χ1v) is 6.75. The van der Waals surface area contributed by atoms with E-state index >= 15 is 0 Å². The van der Waals surface area contributed by atoms with Crippen LogP contribution < -0.4 is 15.7 Å². The van der Waals surface area contributed by atoms with E-state index in [1.54, 1.807) is 13.2 Å². The van der Waals surface area contributed by atoms with Gasteiger partial charge in [-0.1, -0.05) is 0 Å². The average Bonchev–Trinajstić information content (AvgIpc) is 2.46. The van der Waals surface area contributed by atoms with Gasteiger partial charge in [-0.3, -0.25) is 9.69 Å². The van der Waals surface area contributed by atoms with E-state index in [1.807, 2.05) is 17.0 Å². The summed E-state index contributed by atoms with van der Waals surface area (Å²) >= 11 is 0. The van der Waals surface area contributed by atoms with Crippen LogP contribution >= 0.6 is 0 Å². The van der Waals surface area contributed by atoms with Gasteiger partial charge in [0.15, 0.2) is 0 Å². The first-order chi connectivity index (χ1) is 10.2. The van der Waals surface area contributed by atoms with E-state index in [1.165, 1.54) is 6.07 Å². The highest BCUT2D eigenvalue weighted by molar-refractivity contribution is 5.82. The Kier molecular flexibility index (Phi) is 3.62. The molecular weight excluding hydrogens is 272 g/mol. The van der Waals surface area contributed by atoms with Crippen LogP contribution in [0.2, 0.25) is 0 Å². The molecule has 0 radical (unpaired) electrons. The number of hydrogen-bond donors (Lipinski definition) is 1. The van der Waals surface area contributed by atoms with Gasteiger partial charge in [0.05, 0.1) is 13.7 Å². The Morgan fingerprint density at radius 2 is 2.19 bits per heavy atom. The maximum Gasteiger partial charge on any atom is 0.336 e. The van der Waals surface area contributed by atoms with E-state index in [0.717, 1.165) is 17.5 Å².